The number of rotatable bonds is 8. The van der Waals surface area contributed by atoms with E-state index in [1.165, 1.54) is 12.8 Å². The number of ether oxygens (including phenoxy) is 1. The molecule has 0 aliphatic carbocycles. The van der Waals surface area contributed by atoms with Gasteiger partial charge in [0, 0.05) is 51.8 Å². The summed E-state index contributed by atoms with van der Waals surface area (Å²) in [6.07, 6.45) is 2.40. The average Bonchev–Trinajstić information content (AvgIpc) is 2.31. The SMILES string of the molecule is CCCCOCCN1CCN(CCCl)CC1. The number of piperazine rings is 1. The van der Waals surface area contributed by atoms with E-state index in [2.05, 4.69) is 16.7 Å². The number of nitrogens with zero attached hydrogens (tertiary/aromatic N) is 2. The molecule has 0 unspecified atom stereocenters. The molecule has 0 spiro atoms. The van der Waals surface area contributed by atoms with Gasteiger partial charge in [0.05, 0.1) is 6.61 Å². The average molecular weight is 249 g/mol. The molecule has 1 saturated heterocycles. The summed E-state index contributed by atoms with van der Waals surface area (Å²) in [5, 5.41) is 0. The lowest BCUT2D eigenvalue weighted by molar-refractivity contribution is 0.0761. The Morgan fingerprint density at radius 3 is 2.19 bits per heavy atom. The molecule has 3 nitrogen and oxygen atoms in total. The maximum absolute atomic E-state index is 5.73. The molecule has 0 bridgehead atoms. The van der Waals surface area contributed by atoms with Crippen LogP contribution in [-0.2, 0) is 4.74 Å². The van der Waals surface area contributed by atoms with Gasteiger partial charge in [-0.2, -0.15) is 0 Å². The van der Waals surface area contributed by atoms with Crippen LogP contribution in [0.2, 0.25) is 0 Å². The van der Waals surface area contributed by atoms with Crippen LogP contribution in [0.25, 0.3) is 0 Å². The van der Waals surface area contributed by atoms with Gasteiger partial charge in [-0.3, -0.25) is 9.80 Å². The summed E-state index contributed by atoms with van der Waals surface area (Å²) in [5.41, 5.74) is 0. The van der Waals surface area contributed by atoms with Crippen molar-refractivity contribution in [3.05, 3.63) is 0 Å². The van der Waals surface area contributed by atoms with E-state index in [1.54, 1.807) is 0 Å². The second-order valence-corrected chi connectivity index (χ2v) is 4.72. The van der Waals surface area contributed by atoms with Gasteiger partial charge in [0.15, 0.2) is 0 Å². The normalized spacial score (nSPS) is 19.1. The van der Waals surface area contributed by atoms with Gasteiger partial charge in [0.1, 0.15) is 0 Å². The molecule has 1 fully saturated rings. The monoisotopic (exact) mass is 248 g/mol. The van der Waals surface area contributed by atoms with Crippen LogP contribution in [0.15, 0.2) is 0 Å². The largest absolute Gasteiger partial charge is 0.380 e. The molecule has 1 heterocycles. The van der Waals surface area contributed by atoms with Gasteiger partial charge in [0.2, 0.25) is 0 Å². The predicted octanol–water partition coefficient (Wildman–Crippen LogP) is 1.66. The quantitative estimate of drug-likeness (QED) is 0.480. The summed E-state index contributed by atoms with van der Waals surface area (Å²) in [6, 6.07) is 0. The first-order valence-corrected chi connectivity index (χ1v) is 6.98. The summed E-state index contributed by atoms with van der Waals surface area (Å²) in [7, 11) is 0. The molecule has 4 heteroatoms. The Morgan fingerprint density at radius 2 is 1.62 bits per heavy atom. The van der Waals surface area contributed by atoms with Crippen LogP contribution in [-0.4, -0.2) is 68.2 Å². The van der Waals surface area contributed by atoms with Crippen molar-refractivity contribution < 1.29 is 4.74 Å². The molecule has 1 rings (SSSR count). The van der Waals surface area contributed by atoms with Gasteiger partial charge in [-0.1, -0.05) is 13.3 Å². The summed E-state index contributed by atoms with van der Waals surface area (Å²) >= 11 is 5.73. The standard InChI is InChI=1S/C12H25ClN2O/c1-2-3-11-16-12-10-15-8-6-14(5-4-13)7-9-15/h2-12H2,1H3. The van der Waals surface area contributed by atoms with Gasteiger partial charge in [0.25, 0.3) is 0 Å². The summed E-state index contributed by atoms with van der Waals surface area (Å²) < 4.78 is 5.57. The fourth-order valence-corrected chi connectivity index (χ4v) is 2.14. The molecule has 0 amide bonds. The smallest absolute Gasteiger partial charge is 0.0593 e. The minimum absolute atomic E-state index is 0.750. The van der Waals surface area contributed by atoms with Crippen molar-refractivity contribution in [2.75, 3.05) is 58.4 Å². The molecular weight excluding hydrogens is 224 g/mol. The first kappa shape index (κ1) is 14.2. The highest BCUT2D eigenvalue weighted by atomic mass is 35.5. The third-order valence-electron chi connectivity index (χ3n) is 3.06. The highest BCUT2D eigenvalue weighted by Gasteiger charge is 2.15. The molecule has 0 aromatic rings. The van der Waals surface area contributed by atoms with Gasteiger partial charge < -0.3 is 4.74 Å². The van der Waals surface area contributed by atoms with Gasteiger partial charge in [-0.15, -0.1) is 11.6 Å². The number of hydrogen-bond acceptors (Lipinski definition) is 3. The van der Waals surface area contributed by atoms with E-state index in [1.807, 2.05) is 0 Å². The molecule has 0 aromatic carbocycles. The van der Waals surface area contributed by atoms with Crippen LogP contribution in [0.3, 0.4) is 0 Å². The second-order valence-electron chi connectivity index (χ2n) is 4.34. The van der Waals surface area contributed by atoms with Crippen molar-refractivity contribution in [2.45, 2.75) is 19.8 Å². The molecule has 16 heavy (non-hydrogen) atoms. The minimum atomic E-state index is 0.750. The number of alkyl halides is 1. The molecule has 1 aliphatic rings. The lowest BCUT2D eigenvalue weighted by Crippen LogP contribution is -2.47. The first-order valence-electron chi connectivity index (χ1n) is 6.45. The summed E-state index contributed by atoms with van der Waals surface area (Å²) in [5.74, 6) is 0.750. The van der Waals surface area contributed by atoms with Crippen LogP contribution in [0, 0.1) is 0 Å². The number of halogens is 1. The fraction of sp³-hybridized carbons (Fsp3) is 1.00. The van der Waals surface area contributed by atoms with Crippen molar-refractivity contribution >= 4 is 11.6 Å². The highest BCUT2D eigenvalue weighted by Crippen LogP contribution is 2.01. The zero-order valence-electron chi connectivity index (χ0n) is 10.5. The van der Waals surface area contributed by atoms with E-state index in [9.17, 15) is 0 Å². The van der Waals surface area contributed by atoms with E-state index in [0.29, 0.717) is 0 Å². The lowest BCUT2D eigenvalue weighted by Gasteiger charge is -2.34. The molecular formula is C12H25ClN2O. The van der Waals surface area contributed by atoms with Gasteiger partial charge >= 0.3 is 0 Å². The molecule has 0 aromatic heterocycles. The van der Waals surface area contributed by atoms with Crippen molar-refractivity contribution in [1.82, 2.24) is 9.80 Å². The van der Waals surface area contributed by atoms with Crippen LogP contribution in [0.5, 0.6) is 0 Å². The Balaban J connectivity index is 1.95. The third kappa shape index (κ3) is 6.04. The Labute approximate surface area is 105 Å². The highest BCUT2D eigenvalue weighted by molar-refractivity contribution is 6.18. The van der Waals surface area contributed by atoms with Crippen LogP contribution in [0.1, 0.15) is 19.8 Å². The summed E-state index contributed by atoms with van der Waals surface area (Å²) in [4.78, 5) is 4.91. The summed E-state index contributed by atoms with van der Waals surface area (Å²) in [6.45, 7) is 10.7. The Bertz CT molecular complexity index is 161. The minimum Gasteiger partial charge on any atom is -0.380 e. The lowest BCUT2D eigenvalue weighted by atomic mass is 10.3. The van der Waals surface area contributed by atoms with E-state index in [4.69, 9.17) is 16.3 Å². The zero-order chi connectivity index (χ0) is 11.6. The Kier molecular flexibility index (Phi) is 8.21. The molecule has 1 aliphatic heterocycles. The van der Waals surface area contributed by atoms with Crippen molar-refractivity contribution in [2.24, 2.45) is 0 Å². The van der Waals surface area contributed by atoms with E-state index in [0.717, 1.165) is 58.4 Å². The molecule has 96 valence electrons. The van der Waals surface area contributed by atoms with Crippen LogP contribution in [0.4, 0.5) is 0 Å². The number of unbranched alkanes of at least 4 members (excludes halogenated alkanes) is 1. The van der Waals surface area contributed by atoms with Crippen molar-refractivity contribution in [3.8, 4) is 0 Å². The van der Waals surface area contributed by atoms with Crippen molar-refractivity contribution in [1.29, 1.82) is 0 Å². The van der Waals surface area contributed by atoms with Crippen molar-refractivity contribution in [3.63, 3.8) is 0 Å². The molecule has 0 N–H and O–H groups in total. The van der Waals surface area contributed by atoms with Crippen LogP contribution >= 0.6 is 11.6 Å². The second kappa shape index (κ2) is 9.23. The fourth-order valence-electron chi connectivity index (χ4n) is 1.90. The van der Waals surface area contributed by atoms with Gasteiger partial charge in [-0.05, 0) is 6.42 Å². The predicted molar refractivity (Wildman–Crippen MR) is 69.3 cm³/mol. The van der Waals surface area contributed by atoms with E-state index in [-0.39, 0.29) is 0 Å². The zero-order valence-corrected chi connectivity index (χ0v) is 11.2. The van der Waals surface area contributed by atoms with E-state index >= 15 is 0 Å². The topological polar surface area (TPSA) is 15.7 Å². The number of hydrogen-bond donors (Lipinski definition) is 0. The van der Waals surface area contributed by atoms with Gasteiger partial charge in [-0.25, -0.2) is 0 Å². The first-order chi connectivity index (χ1) is 7.86. The van der Waals surface area contributed by atoms with Crippen LogP contribution < -0.4 is 0 Å². The Hall–Kier alpha value is 0.170. The molecule has 0 atom stereocenters. The van der Waals surface area contributed by atoms with E-state index < -0.39 is 0 Å². The Morgan fingerprint density at radius 1 is 1.00 bits per heavy atom. The molecule has 0 radical (unpaired) electrons. The maximum Gasteiger partial charge on any atom is 0.0593 e. The molecule has 0 saturated carbocycles. The maximum atomic E-state index is 5.73. The third-order valence-corrected chi connectivity index (χ3v) is 3.23.